The zero-order chi connectivity index (χ0) is 18.7. The number of aromatic amines is 1. The van der Waals surface area contributed by atoms with E-state index in [0.717, 1.165) is 5.69 Å². The molecule has 1 saturated heterocycles. The van der Waals surface area contributed by atoms with Crippen LogP contribution in [0, 0.1) is 0 Å². The minimum atomic E-state index is -1.24. The Morgan fingerprint density at radius 2 is 2.26 bits per heavy atom. The zero-order valence-corrected chi connectivity index (χ0v) is 14.6. The van der Waals surface area contributed by atoms with Gasteiger partial charge in [-0.2, -0.15) is 5.10 Å². The molecule has 5 heterocycles. The van der Waals surface area contributed by atoms with E-state index in [1.165, 1.54) is 14.0 Å². The van der Waals surface area contributed by atoms with Gasteiger partial charge in [0, 0.05) is 31.9 Å². The van der Waals surface area contributed by atoms with Crippen LogP contribution in [0.2, 0.25) is 0 Å². The van der Waals surface area contributed by atoms with Crippen LogP contribution >= 0.6 is 0 Å². The summed E-state index contributed by atoms with van der Waals surface area (Å²) in [6.07, 6.45) is 1.44. The van der Waals surface area contributed by atoms with E-state index in [1.807, 2.05) is 4.90 Å². The molecule has 9 nitrogen and oxygen atoms in total. The number of alkyl halides is 1. The van der Waals surface area contributed by atoms with Gasteiger partial charge < -0.3 is 14.6 Å². The highest BCUT2D eigenvalue weighted by atomic mass is 19.1. The predicted molar refractivity (Wildman–Crippen MR) is 94.0 cm³/mol. The molecular weight excluding hydrogens is 355 g/mol. The summed E-state index contributed by atoms with van der Waals surface area (Å²) in [4.78, 5) is 30.6. The van der Waals surface area contributed by atoms with E-state index in [9.17, 15) is 14.0 Å². The highest BCUT2D eigenvalue weighted by Gasteiger charge is 2.33. The second-order valence-corrected chi connectivity index (χ2v) is 6.69. The molecule has 0 bridgehead atoms. The Morgan fingerprint density at radius 3 is 3.04 bits per heavy atom. The lowest BCUT2D eigenvalue weighted by atomic mass is 10.3. The number of aromatic nitrogens is 4. The van der Waals surface area contributed by atoms with Crippen molar-refractivity contribution in [3.63, 3.8) is 0 Å². The van der Waals surface area contributed by atoms with Crippen LogP contribution in [0.4, 0.5) is 15.9 Å². The zero-order valence-electron chi connectivity index (χ0n) is 14.6. The summed E-state index contributed by atoms with van der Waals surface area (Å²) >= 11 is 0. The maximum Gasteiger partial charge on any atom is 0.350 e. The first-order valence-electron chi connectivity index (χ1n) is 8.67. The molecule has 0 aromatic carbocycles. The number of carbonyl (C=O) groups is 1. The van der Waals surface area contributed by atoms with Crippen LogP contribution in [0.5, 0.6) is 5.75 Å². The van der Waals surface area contributed by atoms with E-state index in [2.05, 4.69) is 10.1 Å². The first-order chi connectivity index (χ1) is 13.0. The summed E-state index contributed by atoms with van der Waals surface area (Å²) in [6, 6.07) is 5.14. The SMILES string of the molecule is Cn1nc2cc(N3COc4cc(C(=O)N5CCC[C@H]5F)[nH]c43)ccn2c1=O. The third-order valence-electron chi connectivity index (χ3n) is 5.02. The number of pyridine rings is 1. The largest absolute Gasteiger partial charge is 0.469 e. The fourth-order valence-corrected chi connectivity index (χ4v) is 3.60. The summed E-state index contributed by atoms with van der Waals surface area (Å²) in [5.74, 6) is 0.784. The number of anilines is 2. The number of nitrogens with zero attached hydrogens (tertiary/aromatic N) is 5. The molecule has 0 aliphatic carbocycles. The van der Waals surface area contributed by atoms with Crippen molar-refractivity contribution in [2.45, 2.75) is 19.1 Å². The van der Waals surface area contributed by atoms with Crippen LogP contribution in [0.25, 0.3) is 5.65 Å². The van der Waals surface area contributed by atoms with E-state index in [1.54, 1.807) is 31.4 Å². The summed E-state index contributed by atoms with van der Waals surface area (Å²) < 4.78 is 22.2. The number of amides is 1. The summed E-state index contributed by atoms with van der Waals surface area (Å²) in [5, 5.41) is 4.18. The number of carbonyl (C=O) groups excluding carboxylic acids is 1. The molecule has 0 unspecified atom stereocenters. The lowest BCUT2D eigenvalue weighted by Gasteiger charge is -2.19. The first kappa shape index (κ1) is 15.9. The van der Waals surface area contributed by atoms with Gasteiger partial charge in [-0.1, -0.05) is 0 Å². The molecule has 1 N–H and O–H groups in total. The maximum absolute atomic E-state index is 13.9. The highest BCUT2D eigenvalue weighted by Crippen LogP contribution is 2.39. The minimum Gasteiger partial charge on any atom is -0.469 e. The molecule has 10 heteroatoms. The second-order valence-electron chi connectivity index (χ2n) is 6.69. The van der Waals surface area contributed by atoms with E-state index >= 15 is 0 Å². The van der Waals surface area contributed by atoms with Gasteiger partial charge in [-0.15, -0.1) is 0 Å². The van der Waals surface area contributed by atoms with Crippen molar-refractivity contribution in [3.8, 4) is 5.75 Å². The van der Waals surface area contributed by atoms with E-state index in [-0.39, 0.29) is 18.3 Å². The molecule has 2 aliphatic rings. The fraction of sp³-hybridized carbons (Fsp3) is 0.353. The second kappa shape index (κ2) is 5.60. The number of nitrogens with one attached hydrogen (secondary N) is 1. The smallest absolute Gasteiger partial charge is 0.350 e. The van der Waals surface area contributed by atoms with Crippen molar-refractivity contribution in [2.24, 2.45) is 7.05 Å². The molecule has 0 saturated carbocycles. The number of fused-ring (bicyclic) bond motifs is 2. The average molecular weight is 372 g/mol. The summed E-state index contributed by atoms with van der Waals surface area (Å²) in [7, 11) is 1.59. The first-order valence-corrected chi connectivity index (χ1v) is 8.67. The van der Waals surface area contributed by atoms with E-state index in [4.69, 9.17) is 4.74 Å². The van der Waals surface area contributed by atoms with Gasteiger partial charge in [0.05, 0.1) is 5.69 Å². The molecule has 0 spiro atoms. The number of halogens is 1. The lowest BCUT2D eigenvalue weighted by Crippen LogP contribution is -2.33. The van der Waals surface area contributed by atoms with Gasteiger partial charge in [-0.25, -0.2) is 13.9 Å². The van der Waals surface area contributed by atoms with Crippen LogP contribution in [0.15, 0.2) is 29.2 Å². The van der Waals surface area contributed by atoms with Gasteiger partial charge in [-0.3, -0.25) is 14.1 Å². The van der Waals surface area contributed by atoms with Crippen LogP contribution < -0.4 is 15.3 Å². The van der Waals surface area contributed by atoms with Gasteiger partial charge >= 0.3 is 5.69 Å². The molecule has 27 heavy (non-hydrogen) atoms. The highest BCUT2D eigenvalue weighted by molar-refractivity contribution is 5.95. The van der Waals surface area contributed by atoms with Crippen LogP contribution in [-0.4, -0.2) is 49.5 Å². The monoisotopic (exact) mass is 372 g/mol. The molecule has 3 aromatic heterocycles. The predicted octanol–water partition coefficient (Wildman–Crippen LogP) is 1.38. The topological polar surface area (TPSA) is 87.9 Å². The molecule has 2 aliphatic heterocycles. The lowest BCUT2D eigenvalue weighted by molar-refractivity contribution is 0.0586. The summed E-state index contributed by atoms with van der Waals surface area (Å²) in [6.45, 7) is 0.678. The number of H-pyrrole nitrogens is 1. The third kappa shape index (κ3) is 2.32. The van der Waals surface area contributed by atoms with Crippen LogP contribution in [-0.2, 0) is 7.05 Å². The molecule has 3 aromatic rings. The van der Waals surface area contributed by atoms with Crippen LogP contribution in [0.3, 0.4) is 0 Å². The number of hydrogen-bond donors (Lipinski definition) is 1. The van der Waals surface area contributed by atoms with Gasteiger partial charge in [0.1, 0.15) is 5.69 Å². The molecular formula is C17H17FN6O3. The van der Waals surface area contributed by atoms with E-state index < -0.39 is 6.30 Å². The van der Waals surface area contributed by atoms with Gasteiger partial charge in [0.15, 0.2) is 30.2 Å². The Balaban J connectivity index is 1.49. The quantitative estimate of drug-likeness (QED) is 0.687. The number of rotatable bonds is 2. The normalized spacial score (nSPS) is 19.0. The Bertz CT molecular complexity index is 1120. The van der Waals surface area contributed by atoms with Gasteiger partial charge in [0.2, 0.25) is 0 Å². The number of hydrogen-bond acceptors (Lipinski definition) is 5. The number of likely N-dealkylation sites (tertiary alicyclic amines) is 1. The van der Waals surface area contributed by atoms with E-state index in [0.29, 0.717) is 42.3 Å². The standard InChI is InChI=1S/C17H17FN6O3/c1-21-17(26)23-6-4-10(7-14(23)20-21)24-9-27-12-8-11(19-15(12)24)16(25)22-5-2-3-13(22)18/h4,6-8,13,19H,2-3,5,9H2,1H3/t13-/m0/s1. The fourth-order valence-electron chi connectivity index (χ4n) is 3.60. The average Bonchev–Trinajstić information content (AvgIpc) is 3.39. The molecule has 5 rings (SSSR count). The van der Waals surface area contributed by atoms with Crippen LogP contribution in [0.1, 0.15) is 23.3 Å². The molecule has 140 valence electrons. The molecule has 1 amide bonds. The van der Waals surface area contributed by atoms with Crippen molar-refractivity contribution in [3.05, 3.63) is 40.6 Å². The minimum absolute atomic E-state index is 0.228. The molecule has 0 radical (unpaired) electrons. The Morgan fingerprint density at radius 1 is 1.41 bits per heavy atom. The van der Waals surface area contributed by atoms with Crippen molar-refractivity contribution in [1.82, 2.24) is 24.1 Å². The van der Waals surface area contributed by atoms with Crippen molar-refractivity contribution in [1.29, 1.82) is 0 Å². The number of aryl methyl sites for hydroxylation is 1. The van der Waals surface area contributed by atoms with Crippen molar-refractivity contribution in [2.75, 3.05) is 18.2 Å². The Kier molecular flexibility index (Phi) is 3.30. The summed E-state index contributed by atoms with van der Waals surface area (Å²) in [5.41, 5.74) is 1.34. The molecule has 1 atom stereocenters. The Hall–Kier alpha value is -3.30. The maximum atomic E-state index is 13.9. The molecule has 1 fully saturated rings. The van der Waals surface area contributed by atoms with Crippen molar-refractivity contribution < 1.29 is 13.9 Å². The van der Waals surface area contributed by atoms with Crippen molar-refractivity contribution >= 4 is 23.1 Å². The third-order valence-corrected chi connectivity index (χ3v) is 5.02. The van der Waals surface area contributed by atoms with Gasteiger partial charge in [-0.05, 0) is 18.9 Å². The number of ether oxygens (including phenoxy) is 1. The Labute approximate surface area is 152 Å². The van der Waals surface area contributed by atoms with Gasteiger partial charge in [0.25, 0.3) is 5.91 Å².